The average molecular weight is 246 g/mol. The molecule has 1 rings (SSSR count). The number of rotatable bonds is 5. The third-order valence-corrected chi connectivity index (χ3v) is 8.43. The van der Waals surface area contributed by atoms with Crippen molar-refractivity contribution in [3.8, 4) is 0 Å². The van der Waals surface area contributed by atoms with Crippen molar-refractivity contribution in [1.29, 1.82) is 0 Å². The lowest BCUT2D eigenvalue weighted by atomic mass is 10.2. The van der Waals surface area contributed by atoms with Gasteiger partial charge in [-0.1, -0.05) is 30.3 Å². The minimum absolute atomic E-state index is 0. The van der Waals surface area contributed by atoms with Crippen molar-refractivity contribution in [2.45, 2.75) is 26.9 Å². The molecule has 1 aromatic carbocycles. The minimum Gasteiger partial charge on any atom is -0.147 e. The Bertz CT molecular complexity index is 246. The summed E-state index contributed by atoms with van der Waals surface area (Å²) in [5, 5.41) is 0. The van der Waals surface area contributed by atoms with Crippen LogP contribution in [0, 0.1) is 0 Å². The molecular weight excluding hydrogens is 223 g/mol. The standard InChI is InChI=1S/C13H22P.ClH/c1-4-14(5-2,6-3)12-13-10-8-7-9-11-13;/h7-11H,4-6,12H2,1-3H3;1H/q+1;. The monoisotopic (exact) mass is 245 g/mol. The van der Waals surface area contributed by atoms with Gasteiger partial charge in [0.1, 0.15) is 0 Å². The molecule has 1 aromatic rings. The van der Waals surface area contributed by atoms with Gasteiger partial charge in [0.2, 0.25) is 0 Å². The van der Waals surface area contributed by atoms with E-state index < -0.39 is 7.26 Å². The molecule has 0 radical (unpaired) electrons. The molecule has 0 nitrogen and oxygen atoms in total. The molecule has 0 saturated heterocycles. The van der Waals surface area contributed by atoms with Crippen LogP contribution in [0.2, 0.25) is 0 Å². The number of benzene rings is 1. The minimum atomic E-state index is -0.661. The van der Waals surface area contributed by atoms with Crippen LogP contribution in [0.5, 0.6) is 0 Å². The zero-order chi connectivity index (χ0) is 10.4. The molecule has 0 saturated carbocycles. The molecule has 0 spiro atoms. The van der Waals surface area contributed by atoms with E-state index in [-0.39, 0.29) is 12.4 Å². The molecule has 0 N–H and O–H groups in total. The maximum absolute atomic E-state index is 2.36. The quantitative estimate of drug-likeness (QED) is 0.661. The van der Waals surface area contributed by atoms with Gasteiger partial charge in [-0.05, 0) is 26.3 Å². The Kier molecular flexibility index (Phi) is 7.22. The maximum Gasteiger partial charge on any atom is 0.0842 e. The van der Waals surface area contributed by atoms with Crippen molar-refractivity contribution >= 4 is 19.7 Å². The molecule has 0 fully saturated rings. The van der Waals surface area contributed by atoms with Crippen molar-refractivity contribution in [3.63, 3.8) is 0 Å². The Balaban J connectivity index is 0.00000196. The van der Waals surface area contributed by atoms with E-state index in [1.165, 1.54) is 30.2 Å². The molecule has 0 atom stereocenters. The van der Waals surface area contributed by atoms with Crippen molar-refractivity contribution in [1.82, 2.24) is 0 Å². The van der Waals surface area contributed by atoms with Gasteiger partial charge in [-0.3, -0.25) is 0 Å². The Morgan fingerprint density at radius 2 is 1.33 bits per heavy atom. The fourth-order valence-corrected chi connectivity index (χ4v) is 4.97. The maximum atomic E-state index is 2.36. The first kappa shape index (κ1) is 14.9. The van der Waals surface area contributed by atoms with Crippen LogP contribution in [0.15, 0.2) is 30.3 Å². The first-order valence-corrected chi connectivity index (χ1v) is 8.18. The van der Waals surface area contributed by atoms with E-state index in [9.17, 15) is 0 Å². The van der Waals surface area contributed by atoms with Crippen LogP contribution in [0.3, 0.4) is 0 Å². The largest absolute Gasteiger partial charge is 0.147 e. The zero-order valence-corrected chi connectivity index (χ0v) is 11.8. The van der Waals surface area contributed by atoms with Gasteiger partial charge in [0.25, 0.3) is 0 Å². The Labute approximate surface area is 101 Å². The summed E-state index contributed by atoms with van der Waals surface area (Å²) in [7, 11) is -0.661. The number of hydrogen-bond acceptors (Lipinski definition) is 0. The van der Waals surface area contributed by atoms with E-state index >= 15 is 0 Å². The summed E-state index contributed by atoms with van der Waals surface area (Å²) in [5.74, 6) is 0. The van der Waals surface area contributed by atoms with E-state index in [1.54, 1.807) is 0 Å². The Hall–Kier alpha value is -0.0600. The zero-order valence-electron chi connectivity index (χ0n) is 10.1. The molecule has 0 aliphatic rings. The molecule has 0 heterocycles. The van der Waals surface area contributed by atoms with Crippen LogP contribution in [0.4, 0.5) is 0 Å². The summed E-state index contributed by atoms with van der Waals surface area (Å²) in [6.45, 7) is 7.09. The number of hydrogen-bond donors (Lipinski definition) is 0. The fraction of sp³-hybridized carbons (Fsp3) is 0.538. The highest BCUT2D eigenvalue weighted by molar-refractivity contribution is 7.75. The van der Waals surface area contributed by atoms with Gasteiger partial charge in [-0.2, -0.15) is 0 Å². The molecule has 0 bridgehead atoms. The van der Waals surface area contributed by atoms with E-state index in [0.29, 0.717) is 0 Å². The average Bonchev–Trinajstić information content (AvgIpc) is 2.28. The first-order valence-electron chi connectivity index (χ1n) is 5.65. The predicted octanol–water partition coefficient (Wildman–Crippen LogP) is 4.69. The topological polar surface area (TPSA) is 0 Å². The van der Waals surface area contributed by atoms with Gasteiger partial charge >= 0.3 is 0 Å². The Morgan fingerprint density at radius 1 is 0.867 bits per heavy atom. The summed E-state index contributed by atoms with van der Waals surface area (Å²) < 4.78 is 0. The summed E-state index contributed by atoms with van der Waals surface area (Å²) in [5.41, 5.74) is 1.53. The number of halogens is 1. The van der Waals surface area contributed by atoms with Crippen LogP contribution < -0.4 is 0 Å². The highest BCUT2D eigenvalue weighted by Gasteiger charge is 2.30. The van der Waals surface area contributed by atoms with Gasteiger partial charge in [0, 0.05) is 7.26 Å². The molecule has 0 aliphatic carbocycles. The SMILES string of the molecule is CC[P+](CC)(CC)Cc1ccccc1.Cl. The van der Waals surface area contributed by atoms with E-state index in [2.05, 4.69) is 51.1 Å². The van der Waals surface area contributed by atoms with Gasteiger partial charge in [-0.15, -0.1) is 12.4 Å². The van der Waals surface area contributed by atoms with Gasteiger partial charge in [0.05, 0.1) is 24.6 Å². The lowest BCUT2D eigenvalue weighted by Gasteiger charge is -2.23. The van der Waals surface area contributed by atoms with Crippen LogP contribution in [0.1, 0.15) is 26.3 Å². The van der Waals surface area contributed by atoms with Gasteiger partial charge in [-0.25, -0.2) is 0 Å². The Morgan fingerprint density at radius 3 is 1.73 bits per heavy atom. The summed E-state index contributed by atoms with van der Waals surface area (Å²) in [6.07, 6.45) is 5.54. The van der Waals surface area contributed by atoms with Crippen molar-refractivity contribution < 1.29 is 0 Å². The molecular formula is C13H23ClP+. The third kappa shape index (κ3) is 4.13. The van der Waals surface area contributed by atoms with E-state index in [1.807, 2.05) is 0 Å². The van der Waals surface area contributed by atoms with Crippen molar-refractivity contribution in [2.24, 2.45) is 0 Å². The second-order valence-corrected chi connectivity index (χ2v) is 8.83. The van der Waals surface area contributed by atoms with Crippen LogP contribution in [-0.4, -0.2) is 18.5 Å². The predicted molar refractivity (Wildman–Crippen MR) is 75.9 cm³/mol. The van der Waals surface area contributed by atoms with Crippen LogP contribution in [-0.2, 0) is 6.16 Å². The highest BCUT2D eigenvalue weighted by Crippen LogP contribution is 2.60. The van der Waals surface area contributed by atoms with Gasteiger partial charge < -0.3 is 0 Å². The molecule has 0 amide bonds. The molecule has 2 heteroatoms. The second kappa shape index (κ2) is 7.25. The summed E-state index contributed by atoms with van der Waals surface area (Å²) in [4.78, 5) is 0. The summed E-state index contributed by atoms with van der Waals surface area (Å²) >= 11 is 0. The van der Waals surface area contributed by atoms with Gasteiger partial charge in [0.15, 0.2) is 0 Å². The van der Waals surface area contributed by atoms with Crippen LogP contribution >= 0.6 is 19.7 Å². The third-order valence-electron chi connectivity index (χ3n) is 3.37. The van der Waals surface area contributed by atoms with E-state index in [0.717, 1.165) is 0 Å². The highest BCUT2D eigenvalue weighted by atomic mass is 35.5. The molecule has 15 heavy (non-hydrogen) atoms. The normalized spacial score (nSPS) is 10.9. The lowest BCUT2D eigenvalue weighted by molar-refractivity contribution is 1.22. The fourth-order valence-electron chi connectivity index (χ4n) is 1.98. The second-order valence-electron chi connectivity index (χ2n) is 3.93. The summed E-state index contributed by atoms with van der Waals surface area (Å²) in [6, 6.07) is 11.0. The smallest absolute Gasteiger partial charge is 0.0842 e. The first-order chi connectivity index (χ1) is 6.76. The molecule has 0 aliphatic heterocycles. The molecule has 86 valence electrons. The molecule has 0 unspecified atom stereocenters. The van der Waals surface area contributed by atoms with E-state index in [4.69, 9.17) is 0 Å². The van der Waals surface area contributed by atoms with Crippen molar-refractivity contribution in [2.75, 3.05) is 18.5 Å². The van der Waals surface area contributed by atoms with Crippen molar-refractivity contribution in [3.05, 3.63) is 35.9 Å². The molecule has 0 aromatic heterocycles. The van der Waals surface area contributed by atoms with Crippen LogP contribution in [0.25, 0.3) is 0 Å². The lowest BCUT2D eigenvalue weighted by Crippen LogP contribution is -2.05.